The van der Waals surface area contributed by atoms with E-state index >= 15 is 0 Å². The summed E-state index contributed by atoms with van der Waals surface area (Å²) in [5, 5.41) is 3.07. The molecule has 0 atom stereocenters. The number of nitrogens with zero attached hydrogens (tertiary/aromatic N) is 1. The summed E-state index contributed by atoms with van der Waals surface area (Å²) in [7, 11) is 1.56. The molecule has 0 bridgehead atoms. The third kappa shape index (κ3) is 4.45. The average molecular weight is 557 g/mol. The molecule has 9 heteroatoms. The van der Waals surface area contributed by atoms with E-state index in [1.165, 1.54) is 11.0 Å². The first-order valence-corrected chi connectivity index (χ1v) is 10.8. The summed E-state index contributed by atoms with van der Waals surface area (Å²) < 4.78 is 11.8. The van der Waals surface area contributed by atoms with Gasteiger partial charge in [-0.15, -0.1) is 0 Å². The molecule has 1 aliphatic rings. The second-order valence-corrected chi connectivity index (χ2v) is 8.31. The Kier molecular flexibility index (Phi) is 6.99. The lowest BCUT2D eigenvalue weighted by Gasteiger charge is -2.29. The molecule has 0 aliphatic carbocycles. The van der Waals surface area contributed by atoms with E-state index < -0.39 is 11.8 Å². The molecule has 0 unspecified atom stereocenters. The molecule has 1 saturated heterocycles. The second-order valence-electron chi connectivity index (χ2n) is 6.36. The molecule has 1 heterocycles. The minimum atomic E-state index is -0.566. The van der Waals surface area contributed by atoms with Crippen LogP contribution >= 0.6 is 46.4 Å². The molecule has 156 valence electrons. The zero-order valence-corrected chi connectivity index (χ0v) is 20.1. The van der Waals surface area contributed by atoms with Crippen LogP contribution in [-0.2, 0) is 9.59 Å². The number of amides is 2. The van der Waals surface area contributed by atoms with Crippen molar-refractivity contribution in [2.45, 2.75) is 13.8 Å². The van der Waals surface area contributed by atoms with Crippen molar-refractivity contribution in [3.8, 4) is 11.5 Å². The molecule has 6 nitrogen and oxygen atoms in total. The highest BCUT2D eigenvalue weighted by Gasteiger charge is 2.34. The van der Waals surface area contributed by atoms with Gasteiger partial charge in [0.2, 0.25) is 0 Å². The minimum Gasteiger partial charge on any atom is -0.492 e. The number of carbonyl (C=O) groups is 2. The lowest BCUT2D eigenvalue weighted by Crippen LogP contribution is -2.54. The summed E-state index contributed by atoms with van der Waals surface area (Å²) in [5.41, 5.74) is 1.92. The van der Waals surface area contributed by atoms with Gasteiger partial charge in [-0.25, -0.2) is 0 Å². The lowest BCUT2D eigenvalue weighted by atomic mass is 10.1. The number of aryl methyl sites for hydroxylation is 1. The van der Waals surface area contributed by atoms with E-state index in [0.717, 1.165) is 9.13 Å². The Hall–Kier alpha value is -2.17. The van der Waals surface area contributed by atoms with E-state index in [4.69, 9.17) is 33.3 Å². The smallest absolute Gasteiger partial charge is 0.270 e. The Morgan fingerprint density at radius 3 is 2.63 bits per heavy atom. The van der Waals surface area contributed by atoms with Crippen LogP contribution < -0.4 is 19.7 Å². The maximum Gasteiger partial charge on any atom is 0.270 e. The molecule has 2 aromatic rings. The van der Waals surface area contributed by atoms with Crippen molar-refractivity contribution in [3.05, 3.63) is 55.6 Å². The van der Waals surface area contributed by atoms with Crippen molar-refractivity contribution in [3.63, 3.8) is 0 Å². The number of halogens is 2. The number of benzene rings is 2. The van der Waals surface area contributed by atoms with Gasteiger partial charge in [0.25, 0.3) is 11.8 Å². The number of anilines is 1. The molecule has 2 amide bonds. The molecule has 0 spiro atoms. The summed E-state index contributed by atoms with van der Waals surface area (Å²) in [6.07, 6.45) is 1.51. The summed E-state index contributed by atoms with van der Waals surface area (Å²) in [6.45, 7) is 4.17. The number of carbonyl (C=O) groups excluding carboxylic acids is 2. The Balaban J connectivity index is 2.05. The van der Waals surface area contributed by atoms with Crippen LogP contribution in [0.5, 0.6) is 11.5 Å². The van der Waals surface area contributed by atoms with Gasteiger partial charge in [-0.2, -0.15) is 0 Å². The first kappa shape index (κ1) is 22.5. The van der Waals surface area contributed by atoms with Gasteiger partial charge < -0.3 is 9.47 Å². The first-order chi connectivity index (χ1) is 14.3. The number of hydrogen-bond donors (Lipinski definition) is 1. The SMILES string of the molecule is CCOc1cc(/C=C2\C(=O)NC(=S)N(c3ccc(C)c(Cl)c3)C2=O)cc(I)c1OC. The molecule has 3 rings (SSSR count). The molecule has 1 fully saturated rings. The monoisotopic (exact) mass is 556 g/mol. The van der Waals surface area contributed by atoms with Gasteiger partial charge in [0.1, 0.15) is 5.57 Å². The Morgan fingerprint density at radius 2 is 2.00 bits per heavy atom. The van der Waals surface area contributed by atoms with E-state index in [1.807, 2.05) is 13.8 Å². The topological polar surface area (TPSA) is 67.9 Å². The fourth-order valence-electron chi connectivity index (χ4n) is 2.91. The Labute approximate surface area is 198 Å². The van der Waals surface area contributed by atoms with Gasteiger partial charge >= 0.3 is 0 Å². The molecular formula is C21H18ClIN2O4S. The predicted octanol–water partition coefficient (Wildman–Crippen LogP) is 4.49. The van der Waals surface area contributed by atoms with Crippen LogP contribution in [0.1, 0.15) is 18.1 Å². The van der Waals surface area contributed by atoms with E-state index in [9.17, 15) is 9.59 Å². The van der Waals surface area contributed by atoms with Gasteiger partial charge in [0, 0.05) is 5.02 Å². The van der Waals surface area contributed by atoms with E-state index in [0.29, 0.717) is 34.4 Å². The van der Waals surface area contributed by atoms with E-state index in [1.54, 1.807) is 37.4 Å². The van der Waals surface area contributed by atoms with Crippen LogP contribution in [-0.4, -0.2) is 30.6 Å². The third-order valence-corrected chi connectivity index (χ3v) is 5.86. The van der Waals surface area contributed by atoms with Crippen LogP contribution in [0.2, 0.25) is 5.02 Å². The number of nitrogens with one attached hydrogen (secondary N) is 1. The predicted molar refractivity (Wildman–Crippen MR) is 129 cm³/mol. The quantitative estimate of drug-likeness (QED) is 0.254. The summed E-state index contributed by atoms with van der Waals surface area (Å²) in [6, 6.07) is 8.67. The van der Waals surface area contributed by atoms with Crippen LogP contribution in [0.15, 0.2) is 35.9 Å². The van der Waals surface area contributed by atoms with Crippen molar-refractivity contribution in [1.82, 2.24) is 5.32 Å². The lowest BCUT2D eigenvalue weighted by molar-refractivity contribution is -0.122. The summed E-state index contributed by atoms with van der Waals surface area (Å²) >= 11 is 13.6. The largest absolute Gasteiger partial charge is 0.492 e. The third-order valence-electron chi connectivity index (χ3n) is 4.36. The van der Waals surface area contributed by atoms with Crippen molar-refractivity contribution >= 4 is 75.1 Å². The number of rotatable bonds is 5. The first-order valence-electron chi connectivity index (χ1n) is 8.94. The van der Waals surface area contributed by atoms with Gasteiger partial charge in [-0.1, -0.05) is 17.7 Å². The highest BCUT2D eigenvalue weighted by Crippen LogP contribution is 2.35. The van der Waals surface area contributed by atoms with Gasteiger partial charge in [0.05, 0.1) is 23.0 Å². The maximum absolute atomic E-state index is 13.2. The summed E-state index contributed by atoms with van der Waals surface area (Å²) in [4.78, 5) is 27.0. The van der Waals surface area contributed by atoms with Crippen LogP contribution in [0, 0.1) is 10.5 Å². The Bertz CT molecular complexity index is 1090. The highest BCUT2D eigenvalue weighted by atomic mass is 127. The molecule has 0 saturated carbocycles. The molecule has 2 aromatic carbocycles. The fraction of sp³-hybridized carbons (Fsp3) is 0.190. The molecule has 30 heavy (non-hydrogen) atoms. The van der Waals surface area contributed by atoms with Gasteiger partial charge in [-0.05, 0) is 90.1 Å². The zero-order valence-electron chi connectivity index (χ0n) is 16.4. The number of hydrogen-bond acceptors (Lipinski definition) is 5. The molecule has 1 N–H and O–H groups in total. The second kappa shape index (κ2) is 9.32. The van der Waals surface area contributed by atoms with Crippen molar-refractivity contribution in [2.75, 3.05) is 18.6 Å². The fourth-order valence-corrected chi connectivity index (χ4v) is 4.21. The summed E-state index contributed by atoms with van der Waals surface area (Å²) in [5.74, 6) is 0.0203. The van der Waals surface area contributed by atoms with Gasteiger partial charge in [-0.3, -0.25) is 19.8 Å². The Morgan fingerprint density at radius 1 is 1.27 bits per heavy atom. The number of ether oxygens (including phenoxy) is 2. The normalized spacial score (nSPS) is 15.4. The van der Waals surface area contributed by atoms with Gasteiger partial charge in [0.15, 0.2) is 16.6 Å². The molecule has 0 radical (unpaired) electrons. The number of methoxy groups -OCH3 is 1. The maximum atomic E-state index is 13.2. The standard InChI is InChI=1S/C21H18ClIN2O4S/c1-4-29-17-9-12(8-16(23)18(17)28-3)7-14-19(26)24-21(30)25(20(14)27)13-6-5-11(2)15(22)10-13/h5-10H,4H2,1-3H3,(H,24,26,30)/b14-7+. The molecular weight excluding hydrogens is 539 g/mol. The van der Waals surface area contributed by atoms with Crippen LogP contribution in [0.4, 0.5) is 5.69 Å². The minimum absolute atomic E-state index is 0.00128. The van der Waals surface area contributed by atoms with Crippen molar-refractivity contribution in [2.24, 2.45) is 0 Å². The van der Waals surface area contributed by atoms with E-state index in [2.05, 4.69) is 27.9 Å². The molecule has 0 aromatic heterocycles. The molecule has 1 aliphatic heterocycles. The number of thiocarbonyl (C=S) groups is 1. The van der Waals surface area contributed by atoms with Crippen LogP contribution in [0.3, 0.4) is 0 Å². The zero-order chi connectivity index (χ0) is 22.0. The van der Waals surface area contributed by atoms with Crippen LogP contribution in [0.25, 0.3) is 6.08 Å². The highest BCUT2D eigenvalue weighted by molar-refractivity contribution is 14.1. The van der Waals surface area contributed by atoms with E-state index in [-0.39, 0.29) is 10.7 Å². The van der Waals surface area contributed by atoms with Crippen molar-refractivity contribution < 1.29 is 19.1 Å². The van der Waals surface area contributed by atoms with Crippen molar-refractivity contribution in [1.29, 1.82) is 0 Å². The average Bonchev–Trinajstić information content (AvgIpc) is 2.68.